The van der Waals surface area contributed by atoms with E-state index in [9.17, 15) is 0 Å². The third-order valence-corrected chi connectivity index (χ3v) is 1.46. The minimum absolute atomic E-state index is 1.02. The van der Waals surface area contributed by atoms with Gasteiger partial charge in [-0.05, 0) is 12.8 Å². The Labute approximate surface area is 119 Å². The lowest BCUT2D eigenvalue weighted by Crippen LogP contribution is -1.72. The normalized spacial score (nSPS) is 7.00. The molecule has 0 heteroatoms. The van der Waals surface area contributed by atoms with Gasteiger partial charge in [-0.2, -0.15) is 0 Å². The van der Waals surface area contributed by atoms with E-state index in [1.165, 1.54) is 0 Å². The summed E-state index contributed by atoms with van der Waals surface area (Å²) in [6, 6.07) is 0. The molecule has 0 saturated heterocycles. The monoisotopic (exact) mass is 256 g/mol. The van der Waals surface area contributed by atoms with Crippen LogP contribution < -0.4 is 0 Å². The maximum absolute atomic E-state index is 3.85. The second-order valence-corrected chi connectivity index (χ2v) is 2.36. The first-order valence-electron chi connectivity index (χ1n) is 7.74. The van der Waals surface area contributed by atoms with Crippen molar-refractivity contribution in [3.05, 3.63) is 36.5 Å². The molecule has 0 N–H and O–H groups in total. The second-order valence-electron chi connectivity index (χ2n) is 2.36. The number of hydrogen-bond acceptors (Lipinski definition) is 0. The Balaban J connectivity index is -0.0000000596. The molecule has 0 atom stereocenters. The molecular weight excluding hydrogens is 216 g/mol. The molecule has 0 bridgehead atoms. The lowest BCUT2D eigenvalue weighted by molar-refractivity contribution is 1.14. The molecule has 0 aromatic rings. The molecule has 0 aliphatic carbocycles. The maximum Gasteiger partial charge on any atom is -0.0313 e. The lowest BCUT2D eigenvalue weighted by atomic mass is 10.1. The van der Waals surface area contributed by atoms with Gasteiger partial charge in [0.1, 0.15) is 0 Å². The Bertz CT molecular complexity index is 131. The van der Waals surface area contributed by atoms with Crippen molar-refractivity contribution in [3.8, 4) is 0 Å². The first-order chi connectivity index (χ1) is 8.70. The van der Waals surface area contributed by atoms with Gasteiger partial charge in [0.15, 0.2) is 0 Å². The van der Waals surface area contributed by atoms with Crippen molar-refractivity contribution in [2.75, 3.05) is 0 Å². The van der Waals surface area contributed by atoms with E-state index in [-0.39, 0.29) is 0 Å². The SMILES string of the molecule is C=C(/C=C\C(=C)CC)CC.CC.CC.CC.CC. The summed E-state index contributed by atoms with van der Waals surface area (Å²) in [4.78, 5) is 0. The predicted molar refractivity (Wildman–Crippen MR) is 93.4 cm³/mol. The Morgan fingerprint density at radius 3 is 0.889 bits per heavy atom. The van der Waals surface area contributed by atoms with E-state index in [0.29, 0.717) is 0 Å². The summed E-state index contributed by atoms with van der Waals surface area (Å²) >= 11 is 0. The van der Waals surface area contributed by atoms with Gasteiger partial charge >= 0.3 is 0 Å². The summed E-state index contributed by atoms with van der Waals surface area (Å²) in [7, 11) is 0. The van der Waals surface area contributed by atoms with Gasteiger partial charge < -0.3 is 0 Å². The maximum atomic E-state index is 3.85. The van der Waals surface area contributed by atoms with Crippen LogP contribution in [0, 0.1) is 0 Å². The predicted octanol–water partition coefficient (Wildman–Crippen LogP) is 7.58. The molecule has 0 fully saturated rings. The van der Waals surface area contributed by atoms with Gasteiger partial charge in [0.25, 0.3) is 0 Å². The summed E-state index contributed by atoms with van der Waals surface area (Å²) in [5, 5.41) is 0. The number of rotatable bonds is 4. The Kier molecular flexibility index (Phi) is 74.5. The highest BCUT2D eigenvalue weighted by molar-refractivity contribution is 5.23. The Morgan fingerprint density at radius 1 is 0.611 bits per heavy atom. The largest absolute Gasteiger partial charge is 0.0958 e. The highest BCUT2D eigenvalue weighted by Crippen LogP contribution is 2.03. The summed E-state index contributed by atoms with van der Waals surface area (Å²) in [6.45, 7) is 27.9. The quantitative estimate of drug-likeness (QED) is 0.455. The van der Waals surface area contributed by atoms with Gasteiger partial charge in [0.05, 0.1) is 0 Å². The van der Waals surface area contributed by atoms with Crippen LogP contribution in [-0.4, -0.2) is 0 Å². The fourth-order valence-electron chi connectivity index (χ4n) is 0.471. The van der Waals surface area contributed by atoms with E-state index in [2.05, 4.69) is 27.0 Å². The molecular formula is C18H40. The molecule has 0 aromatic heterocycles. The smallest absolute Gasteiger partial charge is 0.0313 e. The molecule has 112 valence electrons. The van der Waals surface area contributed by atoms with E-state index in [0.717, 1.165) is 24.0 Å². The van der Waals surface area contributed by atoms with Crippen LogP contribution in [0.3, 0.4) is 0 Å². The van der Waals surface area contributed by atoms with Crippen LogP contribution in [0.5, 0.6) is 0 Å². The minimum Gasteiger partial charge on any atom is -0.0958 e. The fraction of sp³-hybridized carbons (Fsp3) is 0.667. The first kappa shape index (κ1) is 30.3. The van der Waals surface area contributed by atoms with Gasteiger partial charge in [-0.3, -0.25) is 0 Å². The van der Waals surface area contributed by atoms with Gasteiger partial charge in [0, 0.05) is 0 Å². The summed E-state index contributed by atoms with van der Waals surface area (Å²) in [5.41, 5.74) is 2.32. The van der Waals surface area contributed by atoms with Crippen molar-refractivity contribution in [1.82, 2.24) is 0 Å². The Hall–Kier alpha value is -0.780. The van der Waals surface area contributed by atoms with Crippen molar-refractivity contribution in [2.45, 2.75) is 82.1 Å². The van der Waals surface area contributed by atoms with Crippen LogP contribution in [0.15, 0.2) is 36.5 Å². The second kappa shape index (κ2) is 44.2. The zero-order valence-electron chi connectivity index (χ0n) is 15.0. The average Bonchev–Trinajstić information content (AvgIpc) is 2.52. The first-order valence-corrected chi connectivity index (χ1v) is 7.74. The van der Waals surface area contributed by atoms with Crippen molar-refractivity contribution in [3.63, 3.8) is 0 Å². The minimum atomic E-state index is 1.02. The summed E-state index contributed by atoms with van der Waals surface area (Å²) in [6.07, 6.45) is 6.11. The fourth-order valence-corrected chi connectivity index (χ4v) is 0.471. The van der Waals surface area contributed by atoms with Crippen LogP contribution in [0.25, 0.3) is 0 Å². The third-order valence-electron chi connectivity index (χ3n) is 1.46. The molecule has 0 unspecified atom stereocenters. The molecule has 0 aromatic carbocycles. The summed E-state index contributed by atoms with van der Waals surface area (Å²) in [5.74, 6) is 0. The van der Waals surface area contributed by atoms with Crippen molar-refractivity contribution in [1.29, 1.82) is 0 Å². The van der Waals surface area contributed by atoms with Gasteiger partial charge in [-0.15, -0.1) is 0 Å². The van der Waals surface area contributed by atoms with E-state index < -0.39 is 0 Å². The number of hydrogen-bond donors (Lipinski definition) is 0. The molecule has 0 aliphatic rings. The van der Waals surface area contributed by atoms with E-state index >= 15 is 0 Å². The van der Waals surface area contributed by atoms with Gasteiger partial charge in [-0.1, -0.05) is 106 Å². The Morgan fingerprint density at radius 2 is 0.778 bits per heavy atom. The molecule has 0 rings (SSSR count). The number of allylic oxidation sites excluding steroid dienone is 4. The molecule has 0 heterocycles. The van der Waals surface area contributed by atoms with Gasteiger partial charge in [-0.25, -0.2) is 0 Å². The van der Waals surface area contributed by atoms with Crippen LogP contribution in [-0.2, 0) is 0 Å². The van der Waals surface area contributed by atoms with Gasteiger partial charge in [0.2, 0.25) is 0 Å². The molecule has 0 amide bonds. The molecule has 0 radical (unpaired) electrons. The molecule has 0 nitrogen and oxygen atoms in total. The topological polar surface area (TPSA) is 0 Å². The zero-order chi connectivity index (χ0) is 16.0. The average molecular weight is 257 g/mol. The van der Waals surface area contributed by atoms with Crippen molar-refractivity contribution >= 4 is 0 Å². The highest BCUT2D eigenvalue weighted by atomic mass is 13.9. The zero-order valence-corrected chi connectivity index (χ0v) is 15.0. The standard InChI is InChI=1S/C10H16.4C2H6/c1-5-9(3)7-8-10(4)6-2;4*1-2/h7-8H,3-6H2,1-2H3;4*1-2H3/b8-7-;;;;. The lowest BCUT2D eigenvalue weighted by Gasteiger charge is -1.93. The molecule has 0 saturated carbocycles. The third kappa shape index (κ3) is 45.5. The van der Waals surface area contributed by atoms with Crippen molar-refractivity contribution in [2.24, 2.45) is 0 Å². The van der Waals surface area contributed by atoms with E-state index in [1.54, 1.807) is 0 Å². The van der Waals surface area contributed by atoms with E-state index in [1.807, 2.05) is 67.5 Å². The molecule has 0 aliphatic heterocycles. The van der Waals surface area contributed by atoms with Crippen molar-refractivity contribution < 1.29 is 0 Å². The van der Waals surface area contributed by atoms with Crippen LogP contribution in [0.2, 0.25) is 0 Å². The van der Waals surface area contributed by atoms with Crippen LogP contribution in [0.1, 0.15) is 82.1 Å². The van der Waals surface area contributed by atoms with E-state index in [4.69, 9.17) is 0 Å². The highest BCUT2D eigenvalue weighted by Gasteiger charge is 1.82. The summed E-state index contributed by atoms with van der Waals surface area (Å²) < 4.78 is 0. The molecule has 0 spiro atoms. The molecule has 18 heavy (non-hydrogen) atoms. The van der Waals surface area contributed by atoms with Crippen LogP contribution >= 0.6 is 0 Å². The van der Waals surface area contributed by atoms with Crippen LogP contribution in [0.4, 0.5) is 0 Å².